The zero-order valence-electron chi connectivity index (χ0n) is 17.8. The maximum absolute atomic E-state index is 14.7. The average Bonchev–Trinajstić information content (AvgIpc) is 2.96. The van der Waals surface area contributed by atoms with Crippen LogP contribution in [-0.4, -0.2) is 29.5 Å². The minimum absolute atomic E-state index is 0.141. The molecular weight excluding hydrogens is 393 g/mol. The Bertz CT molecular complexity index is 1080. The highest BCUT2D eigenvalue weighted by Gasteiger charge is 2.21. The molecule has 1 fully saturated rings. The standard InChI is InChI=1S/C25H28FN3O2/c1-27-24(30)18-13-11-17(12-14-18)15-29-16-20(23-21(26)9-6-10-22(23)29)25(31)28-19-7-4-2-3-5-8-19/h6,9-14,16,19H,2-5,7-8,15H2,1H3,(H,27,30)(H,28,31). The molecule has 162 valence electrons. The summed E-state index contributed by atoms with van der Waals surface area (Å²) >= 11 is 0. The summed E-state index contributed by atoms with van der Waals surface area (Å²) in [5.74, 6) is -0.745. The molecule has 6 heteroatoms. The molecule has 3 aromatic rings. The predicted octanol–water partition coefficient (Wildman–Crippen LogP) is 4.64. The number of amides is 2. The number of fused-ring (bicyclic) bond motifs is 1. The lowest BCUT2D eigenvalue weighted by molar-refractivity contribution is 0.0932. The van der Waals surface area contributed by atoms with E-state index >= 15 is 0 Å². The van der Waals surface area contributed by atoms with Crippen LogP contribution in [0.15, 0.2) is 48.7 Å². The Morgan fingerprint density at radius 3 is 2.39 bits per heavy atom. The summed E-state index contributed by atoms with van der Waals surface area (Å²) in [7, 11) is 1.60. The molecule has 0 spiro atoms. The van der Waals surface area contributed by atoms with E-state index in [0.29, 0.717) is 28.6 Å². The third-order valence-corrected chi connectivity index (χ3v) is 6.09. The van der Waals surface area contributed by atoms with E-state index in [1.807, 2.05) is 22.8 Å². The van der Waals surface area contributed by atoms with Gasteiger partial charge in [-0.25, -0.2) is 4.39 Å². The topological polar surface area (TPSA) is 63.1 Å². The monoisotopic (exact) mass is 421 g/mol. The summed E-state index contributed by atoms with van der Waals surface area (Å²) in [5, 5.41) is 6.10. The van der Waals surface area contributed by atoms with Gasteiger partial charge in [0.25, 0.3) is 11.8 Å². The van der Waals surface area contributed by atoms with E-state index in [0.717, 1.165) is 31.2 Å². The van der Waals surface area contributed by atoms with Crippen molar-refractivity contribution >= 4 is 22.7 Å². The molecule has 1 aliphatic rings. The highest BCUT2D eigenvalue weighted by Crippen LogP contribution is 2.26. The van der Waals surface area contributed by atoms with Crippen molar-refractivity contribution < 1.29 is 14.0 Å². The van der Waals surface area contributed by atoms with E-state index in [1.165, 1.54) is 18.9 Å². The van der Waals surface area contributed by atoms with Crippen molar-refractivity contribution in [1.82, 2.24) is 15.2 Å². The van der Waals surface area contributed by atoms with Crippen LogP contribution in [0.4, 0.5) is 4.39 Å². The first-order chi connectivity index (χ1) is 15.1. The van der Waals surface area contributed by atoms with Crippen LogP contribution in [0, 0.1) is 5.82 Å². The lowest BCUT2D eigenvalue weighted by Crippen LogP contribution is -2.34. The molecule has 0 unspecified atom stereocenters. The summed E-state index contributed by atoms with van der Waals surface area (Å²) in [5.41, 5.74) is 2.60. The molecule has 31 heavy (non-hydrogen) atoms. The lowest BCUT2D eigenvalue weighted by atomic mass is 10.1. The van der Waals surface area contributed by atoms with Crippen molar-refractivity contribution in [3.8, 4) is 0 Å². The van der Waals surface area contributed by atoms with Gasteiger partial charge in [-0.1, -0.05) is 43.9 Å². The number of carbonyl (C=O) groups excluding carboxylic acids is 2. The fourth-order valence-electron chi connectivity index (χ4n) is 4.40. The number of carbonyl (C=O) groups is 2. The molecule has 0 aliphatic heterocycles. The van der Waals surface area contributed by atoms with Gasteiger partial charge in [-0.3, -0.25) is 9.59 Å². The van der Waals surface area contributed by atoms with Crippen molar-refractivity contribution in [1.29, 1.82) is 0 Å². The zero-order chi connectivity index (χ0) is 21.8. The molecule has 0 atom stereocenters. The first kappa shape index (κ1) is 21.1. The van der Waals surface area contributed by atoms with Gasteiger partial charge in [-0.2, -0.15) is 0 Å². The van der Waals surface area contributed by atoms with Gasteiger partial charge < -0.3 is 15.2 Å². The molecule has 1 saturated carbocycles. The summed E-state index contributed by atoms with van der Waals surface area (Å²) < 4.78 is 16.6. The molecule has 2 aromatic carbocycles. The van der Waals surface area contributed by atoms with Crippen LogP contribution in [0.3, 0.4) is 0 Å². The predicted molar refractivity (Wildman–Crippen MR) is 120 cm³/mol. The fraction of sp³-hybridized carbons (Fsp3) is 0.360. The number of benzene rings is 2. The van der Waals surface area contributed by atoms with Gasteiger partial charge in [0.2, 0.25) is 0 Å². The summed E-state index contributed by atoms with van der Waals surface area (Å²) in [6.45, 7) is 0.477. The normalized spacial score (nSPS) is 14.9. The van der Waals surface area contributed by atoms with E-state index in [9.17, 15) is 14.0 Å². The molecule has 2 amide bonds. The van der Waals surface area contributed by atoms with Crippen molar-refractivity contribution in [2.24, 2.45) is 0 Å². The molecule has 1 aliphatic carbocycles. The third kappa shape index (κ3) is 4.63. The Hall–Kier alpha value is -3.15. The first-order valence-corrected chi connectivity index (χ1v) is 11.0. The van der Waals surface area contributed by atoms with Gasteiger partial charge in [-0.05, 0) is 42.7 Å². The number of aromatic nitrogens is 1. The summed E-state index contributed by atoms with van der Waals surface area (Å²) in [6, 6.07) is 12.3. The van der Waals surface area contributed by atoms with Crippen LogP contribution >= 0.6 is 0 Å². The van der Waals surface area contributed by atoms with E-state index in [-0.39, 0.29) is 17.9 Å². The molecule has 5 nitrogen and oxygen atoms in total. The highest BCUT2D eigenvalue weighted by atomic mass is 19.1. The van der Waals surface area contributed by atoms with E-state index in [2.05, 4.69) is 10.6 Å². The molecule has 0 saturated heterocycles. The Balaban J connectivity index is 1.62. The van der Waals surface area contributed by atoms with Crippen molar-refractivity contribution in [3.05, 3.63) is 71.2 Å². The van der Waals surface area contributed by atoms with Gasteiger partial charge in [0.05, 0.1) is 11.1 Å². The number of nitrogens with zero attached hydrogens (tertiary/aromatic N) is 1. The molecule has 1 heterocycles. The number of halogens is 1. The molecule has 0 bridgehead atoms. The van der Waals surface area contributed by atoms with Crippen LogP contribution in [0.2, 0.25) is 0 Å². The van der Waals surface area contributed by atoms with Crippen LogP contribution in [0.1, 0.15) is 64.8 Å². The van der Waals surface area contributed by atoms with Crippen molar-refractivity contribution in [3.63, 3.8) is 0 Å². The Morgan fingerprint density at radius 2 is 1.71 bits per heavy atom. The van der Waals surface area contributed by atoms with Gasteiger partial charge >= 0.3 is 0 Å². The van der Waals surface area contributed by atoms with Crippen molar-refractivity contribution in [2.45, 2.75) is 51.1 Å². The molecular formula is C25H28FN3O2. The second kappa shape index (κ2) is 9.33. The van der Waals surface area contributed by atoms with Gasteiger partial charge in [0, 0.05) is 36.8 Å². The second-order valence-electron chi connectivity index (χ2n) is 8.24. The molecule has 4 rings (SSSR count). The first-order valence-electron chi connectivity index (χ1n) is 11.0. The fourth-order valence-corrected chi connectivity index (χ4v) is 4.40. The van der Waals surface area contributed by atoms with Gasteiger partial charge in [0.15, 0.2) is 0 Å². The number of rotatable bonds is 5. The number of hydrogen-bond acceptors (Lipinski definition) is 2. The van der Waals surface area contributed by atoms with Gasteiger partial charge in [-0.15, -0.1) is 0 Å². The maximum atomic E-state index is 14.7. The SMILES string of the molecule is CNC(=O)c1ccc(Cn2cc(C(=O)NC3CCCCCC3)c3c(F)cccc32)cc1. The Kier molecular flexibility index (Phi) is 6.35. The van der Waals surface area contributed by atoms with Crippen molar-refractivity contribution in [2.75, 3.05) is 7.05 Å². The van der Waals surface area contributed by atoms with Crippen LogP contribution in [0.5, 0.6) is 0 Å². The highest BCUT2D eigenvalue weighted by molar-refractivity contribution is 6.07. The van der Waals surface area contributed by atoms with Crippen LogP contribution in [-0.2, 0) is 6.54 Å². The van der Waals surface area contributed by atoms with E-state index in [4.69, 9.17) is 0 Å². The second-order valence-corrected chi connectivity index (χ2v) is 8.24. The minimum atomic E-state index is -0.391. The van der Waals surface area contributed by atoms with Crippen LogP contribution < -0.4 is 10.6 Å². The third-order valence-electron chi connectivity index (χ3n) is 6.09. The minimum Gasteiger partial charge on any atom is -0.355 e. The van der Waals surface area contributed by atoms with Crippen LogP contribution in [0.25, 0.3) is 10.9 Å². The summed E-state index contributed by atoms with van der Waals surface area (Å²) in [4.78, 5) is 24.8. The van der Waals surface area contributed by atoms with E-state index in [1.54, 1.807) is 31.4 Å². The van der Waals surface area contributed by atoms with Gasteiger partial charge in [0.1, 0.15) is 5.82 Å². The Morgan fingerprint density at radius 1 is 1.00 bits per heavy atom. The smallest absolute Gasteiger partial charge is 0.253 e. The number of hydrogen-bond donors (Lipinski definition) is 2. The summed E-state index contributed by atoms with van der Waals surface area (Å²) in [6.07, 6.45) is 8.35. The lowest BCUT2D eigenvalue weighted by Gasteiger charge is -2.15. The average molecular weight is 422 g/mol. The zero-order valence-corrected chi connectivity index (χ0v) is 17.8. The Labute approximate surface area is 181 Å². The van der Waals surface area contributed by atoms with E-state index < -0.39 is 5.82 Å². The molecule has 1 aromatic heterocycles. The molecule has 2 N–H and O–H groups in total. The quantitative estimate of drug-likeness (QED) is 0.590. The largest absolute Gasteiger partial charge is 0.355 e. The molecule has 0 radical (unpaired) electrons. The number of nitrogens with one attached hydrogen (secondary N) is 2. The maximum Gasteiger partial charge on any atom is 0.253 e.